The summed E-state index contributed by atoms with van der Waals surface area (Å²) in [5.74, 6) is -6.86. The van der Waals surface area contributed by atoms with Crippen molar-refractivity contribution in [1.29, 1.82) is 0 Å². The minimum atomic E-state index is -5.64. The fourth-order valence-corrected chi connectivity index (χ4v) is 7.81. The SMILES string of the molecule is C[C@@H]1Nc2nc(N)[nH]c(=O)c2N(C=O)[C@H]1[C@@H](C)Nc1ccc(C[C@H](O)[C@H](O)[C@H](O)CO[C@H]2O[C@H](COP(=O)([O-])O[C@@H](CCC(=O)[O-])C(=O)N[C@@H](CCC(=O)[O-])C(=O)[O-])[C@@H](O)[C@H]2O)cc1. The molecule has 1 unspecified atom stereocenters. The van der Waals surface area contributed by atoms with E-state index in [1.807, 2.05) is 0 Å². The van der Waals surface area contributed by atoms with Crippen LogP contribution in [-0.4, -0.2) is 152 Å². The van der Waals surface area contributed by atoms with Crippen molar-refractivity contribution in [1.82, 2.24) is 15.3 Å². The highest BCUT2D eigenvalue weighted by Crippen LogP contribution is 2.42. The average molecular weight is 930 g/mol. The quantitative estimate of drug-likeness (QED) is 0.0326. The van der Waals surface area contributed by atoms with E-state index in [9.17, 15) is 79.1 Å². The van der Waals surface area contributed by atoms with Crippen LogP contribution in [0.5, 0.6) is 0 Å². The van der Waals surface area contributed by atoms with Gasteiger partial charge in [-0.15, -0.1) is 0 Å². The number of carboxylic acid groups (broad SMARTS) is 3. The number of aliphatic hydroxyl groups is 5. The van der Waals surface area contributed by atoms with Crippen molar-refractivity contribution in [3.05, 3.63) is 40.2 Å². The molecule has 0 saturated carbocycles. The van der Waals surface area contributed by atoms with E-state index < -0.39 is 143 Å². The molecule has 28 heteroatoms. The lowest BCUT2D eigenvalue weighted by molar-refractivity contribution is -0.311. The molecule has 0 aliphatic carbocycles. The van der Waals surface area contributed by atoms with Crippen molar-refractivity contribution < 1.29 is 92.8 Å². The monoisotopic (exact) mass is 929 g/mol. The molecule has 1 aromatic heterocycles. The topological polar surface area (TPSA) is 444 Å². The number of hydrogen-bond acceptors (Lipinski definition) is 24. The van der Waals surface area contributed by atoms with Crippen LogP contribution < -0.4 is 52.4 Å². The van der Waals surface area contributed by atoms with Gasteiger partial charge in [0.25, 0.3) is 13.4 Å². The molecular formula is C36H48N7O20P-4. The van der Waals surface area contributed by atoms with E-state index in [0.717, 1.165) is 0 Å². The molecule has 4 rings (SSSR count). The second-order valence-electron chi connectivity index (χ2n) is 14.9. The van der Waals surface area contributed by atoms with Crippen LogP contribution in [0.3, 0.4) is 0 Å². The molecule has 0 bridgehead atoms. The van der Waals surface area contributed by atoms with Crippen molar-refractivity contribution in [2.75, 3.05) is 34.5 Å². The number of nitrogens with one attached hydrogen (secondary N) is 4. The highest BCUT2D eigenvalue weighted by atomic mass is 31.2. The fraction of sp³-hybridized carbons (Fsp3) is 0.583. The number of hydrogen-bond donors (Lipinski definition) is 10. The Morgan fingerprint density at radius 3 is 2.30 bits per heavy atom. The Kier molecular flexibility index (Phi) is 18.1. The van der Waals surface area contributed by atoms with Crippen molar-refractivity contribution in [3.63, 3.8) is 0 Å². The molecular weight excluding hydrogens is 881 g/mol. The molecule has 3 heterocycles. The lowest BCUT2D eigenvalue weighted by atomic mass is 9.97. The zero-order chi connectivity index (χ0) is 47.6. The molecule has 1 fully saturated rings. The summed E-state index contributed by atoms with van der Waals surface area (Å²) < 4.78 is 32.4. The third kappa shape index (κ3) is 13.8. The summed E-state index contributed by atoms with van der Waals surface area (Å²) in [5.41, 5.74) is 6.17. The van der Waals surface area contributed by atoms with Gasteiger partial charge < -0.3 is 100 Å². The summed E-state index contributed by atoms with van der Waals surface area (Å²) in [7, 11) is -5.64. The Bertz CT molecular complexity index is 2060. The molecule has 64 heavy (non-hydrogen) atoms. The first-order valence-corrected chi connectivity index (χ1v) is 21.0. The largest absolute Gasteiger partial charge is 0.756 e. The van der Waals surface area contributed by atoms with Crippen LogP contribution in [0.4, 0.5) is 23.1 Å². The standard InChI is InChI=1S/C36H52N7O20P/c1-15(26-16(2)39-31-27(43(26)14-44)33(55)42-36(37)41-31)38-18-5-3-17(4-6-18)11-20(45)28(51)21(46)12-60-35-30(53)29(52)23(62-35)13-61-64(58,59)63-22(8-10-25(49)50)32(54)40-19(34(56)57)7-9-24(47)48/h3-6,14-16,19-23,26,28-30,35,38,45-46,51-53H,7-13H2,1-2H3,(H,40,54)(H,47,48)(H,49,50)(H,56,57)(H,58,59)(H4,37,39,41,42,55)/p-4/t15-,16+,19+,20+,21-,22+,23-,26+,28+,29-,30-,35+/m1/s1. The number of phosphoric acid groups is 1. The molecule has 2 aromatic rings. The molecule has 1 saturated heterocycles. The van der Waals surface area contributed by atoms with E-state index in [1.54, 1.807) is 43.4 Å². The Labute approximate surface area is 362 Å². The molecule has 2 aliphatic rings. The Balaban J connectivity index is 1.26. The summed E-state index contributed by atoms with van der Waals surface area (Å²) in [6.45, 7) is 1.71. The van der Waals surface area contributed by atoms with E-state index >= 15 is 0 Å². The number of fused-ring (bicyclic) bond motifs is 1. The van der Waals surface area contributed by atoms with Gasteiger partial charge in [0.2, 0.25) is 18.3 Å². The molecule has 13 atom stereocenters. The number of nitrogen functional groups attached to an aromatic ring is 1. The maximum atomic E-state index is 12.6. The molecule has 2 amide bonds. The number of nitrogens with two attached hydrogens (primary N) is 1. The minimum absolute atomic E-state index is 0.00891. The smallest absolute Gasteiger partial charge is 0.278 e. The van der Waals surface area contributed by atoms with Crippen LogP contribution in [0.15, 0.2) is 29.1 Å². The van der Waals surface area contributed by atoms with Gasteiger partial charge in [0.05, 0.1) is 37.4 Å². The van der Waals surface area contributed by atoms with Crippen LogP contribution in [0.2, 0.25) is 0 Å². The van der Waals surface area contributed by atoms with Gasteiger partial charge in [-0.25, -0.2) is 0 Å². The number of aliphatic hydroxyl groups excluding tert-OH is 5. The number of carboxylic acids is 3. The van der Waals surface area contributed by atoms with E-state index in [0.29, 0.717) is 17.7 Å². The van der Waals surface area contributed by atoms with Gasteiger partial charge in [-0.3, -0.25) is 28.8 Å². The summed E-state index contributed by atoms with van der Waals surface area (Å²) in [6, 6.07) is 3.25. The lowest BCUT2D eigenvalue weighted by Crippen LogP contribution is -2.58. The third-order valence-electron chi connectivity index (χ3n) is 10.1. The lowest BCUT2D eigenvalue weighted by Gasteiger charge is -2.42. The molecule has 1 aromatic carbocycles. The number of carbonyl (C=O) groups excluding carboxylic acids is 5. The van der Waals surface area contributed by atoms with E-state index in [4.69, 9.17) is 15.2 Å². The van der Waals surface area contributed by atoms with Gasteiger partial charge >= 0.3 is 0 Å². The van der Waals surface area contributed by atoms with Gasteiger partial charge in [-0.05, 0) is 57.2 Å². The number of carbonyl (C=O) groups is 5. The second-order valence-corrected chi connectivity index (χ2v) is 16.3. The van der Waals surface area contributed by atoms with Gasteiger partial charge in [0, 0.05) is 36.1 Å². The number of rotatable bonds is 25. The number of ether oxygens (including phenoxy) is 2. The van der Waals surface area contributed by atoms with Crippen molar-refractivity contribution >= 4 is 61.2 Å². The Morgan fingerprint density at radius 2 is 1.69 bits per heavy atom. The van der Waals surface area contributed by atoms with Gasteiger partial charge in [-0.1, -0.05) is 12.1 Å². The van der Waals surface area contributed by atoms with Gasteiger partial charge in [0.1, 0.15) is 36.6 Å². The van der Waals surface area contributed by atoms with E-state index in [-0.39, 0.29) is 29.9 Å². The second kappa shape index (κ2) is 22.5. The van der Waals surface area contributed by atoms with Gasteiger partial charge in [0.15, 0.2) is 17.8 Å². The normalized spacial score (nSPS) is 24.4. The molecule has 356 valence electrons. The first kappa shape index (κ1) is 51.3. The molecule has 0 spiro atoms. The molecule has 27 nitrogen and oxygen atoms in total. The Morgan fingerprint density at radius 1 is 1.05 bits per heavy atom. The van der Waals surface area contributed by atoms with Crippen LogP contribution in [0.1, 0.15) is 45.1 Å². The number of aromatic nitrogens is 2. The zero-order valence-electron chi connectivity index (χ0n) is 34.0. The van der Waals surface area contributed by atoms with Crippen LogP contribution >= 0.6 is 7.82 Å². The number of phosphoric ester groups is 1. The maximum absolute atomic E-state index is 12.6. The highest BCUT2D eigenvalue weighted by Gasteiger charge is 2.45. The predicted octanol–water partition coefficient (Wildman–Crippen LogP) is -7.75. The number of aromatic amines is 1. The van der Waals surface area contributed by atoms with Crippen molar-refractivity contribution in [2.24, 2.45) is 0 Å². The number of nitrogens with zero attached hydrogens (tertiary/aromatic N) is 2. The number of H-pyrrole nitrogens is 1. The van der Waals surface area contributed by atoms with Crippen molar-refractivity contribution in [3.8, 4) is 0 Å². The third-order valence-corrected chi connectivity index (χ3v) is 11.1. The van der Waals surface area contributed by atoms with E-state index in [2.05, 4.69) is 29.6 Å². The molecule has 0 radical (unpaired) electrons. The minimum Gasteiger partial charge on any atom is -0.756 e. The van der Waals surface area contributed by atoms with Crippen molar-refractivity contribution in [2.45, 2.75) is 119 Å². The summed E-state index contributed by atoms with van der Waals surface area (Å²) in [5, 5.41) is 93.9. The van der Waals surface area contributed by atoms with E-state index in [1.165, 1.54) is 4.90 Å². The van der Waals surface area contributed by atoms with Crippen LogP contribution in [0, 0.1) is 0 Å². The molecule has 2 aliphatic heterocycles. The predicted molar refractivity (Wildman–Crippen MR) is 206 cm³/mol. The number of amides is 2. The fourth-order valence-electron chi connectivity index (χ4n) is 6.91. The summed E-state index contributed by atoms with van der Waals surface area (Å²) >= 11 is 0. The zero-order valence-corrected chi connectivity index (χ0v) is 34.9. The summed E-state index contributed by atoms with van der Waals surface area (Å²) in [4.78, 5) is 90.8. The Hall–Kier alpha value is -5.32. The highest BCUT2D eigenvalue weighted by molar-refractivity contribution is 7.45. The first-order valence-electron chi connectivity index (χ1n) is 19.5. The van der Waals surface area contributed by atoms with Crippen LogP contribution in [-0.2, 0) is 53.5 Å². The van der Waals surface area contributed by atoms with Crippen LogP contribution in [0.25, 0.3) is 0 Å². The number of benzene rings is 1. The number of anilines is 4. The number of aliphatic carboxylic acids is 3. The van der Waals surface area contributed by atoms with Gasteiger partial charge in [-0.2, -0.15) is 4.98 Å². The first-order chi connectivity index (χ1) is 30.0. The summed E-state index contributed by atoms with van der Waals surface area (Å²) in [6.07, 6.45) is -17.7. The maximum Gasteiger partial charge on any atom is 0.278 e. The average Bonchev–Trinajstić information content (AvgIpc) is 3.49. The molecule has 11 N–H and O–H groups in total.